The first kappa shape index (κ1) is 39.8. The van der Waals surface area contributed by atoms with E-state index in [0.717, 1.165) is 22.3 Å². The molecule has 3 atom stereocenters. The largest absolute Gasteiger partial charge is 0.350 e. The number of halogens is 2. The average Bonchev–Trinajstić information content (AvgIpc) is 3.91. The molecule has 0 radical (unpaired) electrons. The van der Waals surface area contributed by atoms with Gasteiger partial charge in [0.25, 0.3) is 0 Å². The van der Waals surface area contributed by atoms with Crippen molar-refractivity contribution in [3.8, 4) is 0 Å². The molecule has 0 spiro atoms. The predicted molar refractivity (Wildman–Crippen MR) is 224 cm³/mol. The van der Waals surface area contributed by atoms with E-state index < -0.39 is 12.1 Å². The average molecular weight is 817 g/mol. The Balaban J connectivity index is 0.977. The Labute approximate surface area is 345 Å². The third-order valence-electron chi connectivity index (χ3n) is 10.9. The molecule has 2 aromatic carbocycles. The van der Waals surface area contributed by atoms with E-state index in [1.54, 1.807) is 75.3 Å². The zero-order valence-corrected chi connectivity index (χ0v) is 34.0. The van der Waals surface area contributed by atoms with E-state index in [-0.39, 0.29) is 36.0 Å². The molecule has 310 valence electrons. The van der Waals surface area contributed by atoms with E-state index in [1.807, 2.05) is 49.9 Å². The third kappa shape index (κ3) is 8.17. The Hall–Kier alpha value is -6.98. The molecule has 0 saturated heterocycles. The van der Waals surface area contributed by atoms with Crippen LogP contribution in [0.3, 0.4) is 0 Å². The van der Waals surface area contributed by atoms with Crippen molar-refractivity contribution in [2.45, 2.75) is 72.0 Å². The zero-order valence-electron chi connectivity index (χ0n) is 34.0. The molecule has 0 fully saturated rings. The van der Waals surface area contributed by atoms with E-state index in [0.29, 0.717) is 67.6 Å². The minimum Gasteiger partial charge on any atom is -0.350 e. The number of rotatable bonds is 14. The first-order valence-electron chi connectivity index (χ1n) is 19.8. The Morgan fingerprint density at radius 1 is 0.683 bits per heavy atom. The molecule has 4 aromatic heterocycles. The van der Waals surface area contributed by atoms with E-state index in [2.05, 4.69) is 30.8 Å². The first-order valence-corrected chi connectivity index (χ1v) is 19.8. The van der Waals surface area contributed by atoms with Crippen molar-refractivity contribution in [3.05, 3.63) is 120 Å². The molecule has 2 aliphatic heterocycles. The SMILES string of the molecule is CCN1c2nc(NCc3cnn(Cc4ccc(F)cc4)c3)ncc2N(CC(C)N2c3nc(NCc4cnn(Cc5ccc(F)cc5)c4)ncc3N(C)C(=O)[C@H]2C)C(=O)[C@@H]1C. The Morgan fingerprint density at radius 3 is 1.73 bits per heavy atom. The number of carbonyl (C=O) groups excluding carboxylic acids is 2. The monoisotopic (exact) mass is 816 g/mol. The Kier molecular flexibility index (Phi) is 11.1. The highest BCUT2D eigenvalue weighted by Crippen LogP contribution is 2.38. The summed E-state index contributed by atoms with van der Waals surface area (Å²) in [5.74, 6) is 1.16. The molecule has 0 aliphatic carbocycles. The molecule has 6 heterocycles. The number of benzene rings is 2. The van der Waals surface area contributed by atoms with Gasteiger partial charge < -0.3 is 30.2 Å². The van der Waals surface area contributed by atoms with Crippen LogP contribution in [0.1, 0.15) is 49.9 Å². The second-order valence-electron chi connectivity index (χ2n) is 15.1. The second kappa shape index (κ2) is 16.7. The van der Waals surface area contributed by atoms with E-state index in [4.69, 9.17) is 9.97 Å². The van der Waals surface area contributed by atoms with Gasteiger partial charge in [-0.3, -0.25) is 19.0 Å². The molecule has 2 aliphatic rings. The number of fused-ring (bicyclic) bond motifs is 2. The summed E-state index contributed by atoms with van der Waals surface area (Å²) in [6.07, 6.45) is 10.6. The fraction of sp³-hybridized carbons (Fsp3) is 0.333. The molecule has 6 aromatic rings. The summed E-state index contributed by atoms with van der Waals surface area (Å²) in [7, 11) is 1.71. The van der Waals surface area contributed by atoms with Crippen LogP contribution in [-0.4, -0.2) is 89.6 Å². The highest BCUT2D eigenvalue weighted by molar-refractivity contribution is 6.06. The maximum absolute atomic E-state index is 14.1. The van der Waals surface area contributed by atoms with Crippen molar-refractivity contribution in [3.63, 3.8) is 0 Å². The normalized spacial score (nSPS) is 16.9. The third-order valence-corrected chi connectivity index (χ3v) is 10.9. The minimum atomic E-state index is -0.586. The molecule has 60 heavy (non-hydrogen) atoms. The lowest BCUT2D eigenvalue weighted by molar-refractivity contribution is -0.120. The van der Waals surface area contributed by atoms with Crippen LogP contribution >= 0.6 is 0 Å². The van der Waals surface area contributed by atoms with Gasteiger partial charge in [-0.05, 0) is 63.1 Å². The summed E-state index contributed by atoms with van der Waals surface area (Å²) in [4.78, 5) is 53.8. The highest BCUT2D eigenvalue weighted by atomic mass is 19.1. The standard InChI is InChI=1S/C42H46F2N14O2/c1-6-56-27(3)40(60)57(36-20-48-41(51-37(36)56)45-15-31-17-49-54(24-31)22-29-7-11-33(43)12-8-29)21-26(2)58-28(4)39(59)53(5)35-19-47-42(52-38(35)58)46-16-32-18-50-55(25-32)23-30-9-13-34(44)14-10-30/h7-14,17-20,24-28H,6,15-16,21-23H2,1-5H3,(H,45,48,51)(H,46,47,52)/t26?,27-,28+/m0/s1. The molecule has 16 nitrogen and oxygen atoms in total. The van der Waals surface area contributed by atoms with Crippen molar-refractivity contribution >= 4 is 46.7 Å². The predicted octanol–water partition coefficient (Wildman–Crippen LogP) is 5.08. The van der Waals surface area contributed by atoms with Gasteiger partial charge in [0.15, 0.2) is 11.6 Å². The molecule has 2 amide bonds. The van der Waals surface area contributed by atoms with Gasteiger partial charge in [-0.15, -0.1) is 0 Å². The Morgan fingerprint density at radius 2 is 1.20 bits per heavy atom. The van der Waals surface area contributed by atoms with Crippen LogP contribution in [-0.2, 0) is 35.8 Å². The van der Waals surface area contributed by atoms with Gasteiger partial charge in [-0.25, -0.2) is 18.7 Å². The molecular formula is C42H46F2N14O2. The van der Waals surface area contributed by atoms with Gasteiger partial charge in [0.2, 0.25) is 23.7 Å². The van der Waals surface area contributed by atoms with Crippen molar-refractivity contribution in [2.75, 3.05) is 50.4 Å². The number of likely N-dealkylation sites (N-methyl/N-ethyl adjacent to an activating group) is 2. The van der Waals surface area contributed by atoms with Crippen molar-refractivity contribution in [2.24, 2.45) is 0 Å². The number of nitrogens with one attached hydrogen (secondary N) is 2. The highest BCUT2D eigenvalue weighted by Gasteiger charge is 2.42. The van der Waals surface area contributed by atoms with Gasteiger partial charge in [0.05, 0.1) is 37.9 Å². The molecule has 0 saturated carbocycles. The van der Waals surface area contributed by atoms with Gasteiger partial charge in [0.1, 0.15) is 35.1 Å². The van der Waals surface area contributed by atoms with Gasteiger partial charge in [-0.2, -0.15) is 20.2 Å². The lowest BCUT2D eigenvalue weighted by Crippen LogP contribution is -2.59. The Bertz CT molecular complexity index is 2490. The molecule has 8 rings (SSSR count). The summed E-state index contributed by atoms with van der Waals surface area (Å²) >= 11 is 0. The fourth-order valence-electron chi connectivity index (χ4n) is 7.73. The quantitative estimate of drug-likeness (QED) is 0.151. The molecular weight excluding hydrogens is 771 g/mol. The topological polar surface area (TPSA) is 158 Å². The van der Waals surface area contributed by atoms with Crippen molar-refractivity contribution < 1.29 is 18.4 Å². The summed E-state index contributed by atoms with van der Waals surface area (Å²) in [6.45, 7) is 10.3. The van der Waals surface area contributed by atoms with Crippen LogP contribution < -0.4 is 30.2 Å². The summed E-state index contributed by atoms with van der Waals surface area (Å²) in [5.41, 5.74) is 4.80. The summed E-state index contributed by atoms with van der Waals surface area (Å²) in [5, 5.41) is 15.5. The van der Waals surface area contributed by atoms with E-state index in [9.17, 15) is 18.4 Å². The fourth-order valence-corrected chi connectivity index (χ4v) is 7.73. The lowest BCUT2D eigenvalue weighted by Gasteiger charge is -2.45. The van der Waals surface area contributed by atoms with Crippen molar-refractivity contribution in [1.29, 1.82) is 0 Å². The number of aromatic nitrogens is 8. The lowest BCUT2D eigenvalue weighted by atomic mass is 10.1. The molecule has 1 unspecified atom stereocenters. The van der Waals surface area contributed by atoms with E-state index >= 15 is 0 Å². The number of amides is 2. The number of anilines is 6. The second-order valence-corrected chi connectivity index (χ2v) is 15.1. The minimum absolute atomic E-state index is 0.104. The van der Waals surface area contributed by atoms with Crippen LogP contribution in [0.4, 0.5) is 43.7 Å². The summed E-state index contributed by atoms with van der Waals surface area (Å²) < 4.78 is 30.3. The maximum Gasteiger partial charge on any atom is 0.249 e. The number of hydrogen-bond acceptors (Lipinski definition) is 12. The molecule has 18 heteroatoms. The van der Waals surface area contributed by atoms with Crippen LogP contribution in [0.5, 0.6) is 0 Å². The van der Waals surface area contributed by atoms with Crippen molar-refractivity contribution in [1.82, 2.24) is 39.5 Å². The number of hydrogen-bond donors (Lipinski definition) is 2. The van der Waals surface area contributed by atoms with E-state index in [1.165, 1.54) is 24.3 Å². The smallest absolute Gasteiger partial charge is 0.249 e. The number of carbonyl (C=O) groups is 2. The maximum atomic E-state index is 14.1. The van der Waals surface area contributed by atoms with Gasteiger partial charge >= 0.3 is 0 Å². The first-order chi connectivity index (χ1) is 28.9. The molecule has 2 N–H and O–H groups in total. The van der Waals surface area contributed by atoms with Crippen LogP contribution in [0.2, 0.25) is 0 Å². The zero-order chi connectivity index (χ0) is 42.1. The van der Waals surface area contributed by atoms with Crippen LogP contribution in [0.25, 0.3) is 0 Å². The summed E-state index contributed by atoms with van der Waals surface area (Å²) in [6, 6.07) is 11.2. The van der Waals surface area contributed by atoms with Crippen LogP contribution in [0.15, 0.2) is 85.7 Å². The number of nitrogens with zero attached hydrogens (tertiary/aromatic N) is 12. The van der Waals surface area contributed by atoms with Crippen LogP contribution in [0, 0.1) is 11.6 Å². The van der Waals surface area contributed by atoms with Gasteiger partial charge in [-0.1, -0.05) is 24.3 Å². The molecule has 0 bridgehead atoms. The van der Waals surface area contributed by atoms with Gasteiger partial charge in [0, 0.05) is 62.8 Å².